The van der Waals surface area contributed by atoms with Crippen LogP contribution in [0.15, 0.2) is 42.5 Å². The van der Waals surface area contributed by atoms with Crippen LogP contribution in [0.3, 0.4) is 0 Å². The Morgan fingerprint density at radius 3 is 2.69 bits per heavy atom. The van der Waals surface area contributed by atoms with Gasteiger partial charge in [0.05, 0.1) is 5.41 Å². The van der Waals surface area contributed by atoms with Crippen LogP contribution in [0.1, 0.15) is 52.7 Å². The van der Waals surface area contributed by atoms with Crippen molar-refractivity contribution in [2.24, 2.45) is 0 Å². The predicted molar refractivity (Wildman–Crippen MR) is 112 cm³/mol. The number of hydrogen-bond acceptors (Lipinski definition) is 4. The lowest BCUT2D eigenvalue weighted by atomic mass is 9.94. The molecular formula is C24H22FN3O4. The van der Waals surface area contributed by atoms with E-state index < -0.39 is 17.4 Å². The highest BCUT2D eigenvalue weighted by molar-refractivity contribution is 6.05. The van der Waals surface area contributed by atoms with Crippen molar-refractivity contribution in [3.8, 4) is 0 Å². The monoisotopic (exact) mass is 435 g/mol. The van der Waals surface area contributed by atoms with Gasteiger partial charge in [-0.2, -0.15) is 0 Å². The van der Waals surface area contributed by atoms with Crippen molar-refractivity contribution in [1.29, 1.82) is 0 Å². The number of halogens is 1. The molecule has 7 nitrogen and oxygen atoms in total. The van der Waals surface area contributed by atoms with Gasteiger partial charge in [0.1, 0.15) is 11.9 Å². The molecule has 1 aliphatic carbocycles. The Morgan fingerprint density at radius 1 is 1.16 bits per heavy atom. The highest BCUT2D eigenvalue weighted by Gasteiger charge is 2.51. The van der Waals surface area contributed by atoms with Crippen molar-refractivity contribution in [3.05, 3.63) is 70.5 Å². The van der Waals surface area contributed by atoms with E-state index in [1.807, 2.05) is 12.1 Å². The van der Waals surface area contributed by atoms with E-state index >= 15 is 0 Å². The van der Waals surface area contributed by atoms with Gasteiger partial charge in [-0.15, -0.1) is 0 Å². The maximum absolute atomic E-state index is 13.6. The van der Waals surface area contributed by atoms with Crippen LogP contribution in [0.4, 0.5) is 4.39 Å². The summed E-state index contributed by atoms with van der Waals surface area (Å²) >= 11 is 0. The van der Waals surface area contributed by atoms with Gasteiger partial charge in [-0.05, 0) is 54.2 Å². The molecule has 3 aliphatic rings. The molecule has 1 saturated heterocycles. The number of rotatable bonds is 5. The smallest absolute Gasteiger partial charge is 0.255 e. The largest absolute Gasteiger partial charge is 0.351 e. The number of hydrogen-bond donors (Lipinski definition) is 2. The Labute approximate surface area is 184 Å². The van der Waals surface area contributed by atoms with Gasteiger partial charge in [-0.3, -0.25) is 24.5 Å². The minimum atomic E-state index is -0.683. The molecule has 1 saturated carbocycles. The summed E-state index contributed by atoms with van der Waals surface area (Å²) in [4.78, 5) is 50.9. The van der Waals surface area contributed by atoms with Gasteiger partial charge in [0.25, 0.3) is 5.91 Å². The third-order valence-electron chi connectivity index (χ3n) is 6.61. The topological polar surface area (TPSA) is 95.6 Å². The first kappa shape index (κ1) is 20.4. The van der Waals surface area contributed by atoms with Crippen LogP contribution in [0.2, 0.25) is 0 Å². The van der Waals surface area contributed by atoms with Gasteiger partial charge >= 0.3 is 0 Å². The summed E-state index contributed by atoms with van der Waals surface area (Å²) in [6.45, 7) is 0.560. The van der Waals surface area contributed by atoms with Gasteiger partial charge in [-0.25, -0.2) is 4.39 Å². The van der Waals surface area contributed by atoms with E-state index in [0.717, 1.165) is 11.1 Å². The molecule has 0 bridgehead atoms. The Balaban J connectivity index is 1.27. The van der Waals surface area contributed by atoms with Crippen LogP contribution in [-0.4, -0.2) is 34.6 Å². The second kappa shape index (κ2) is 7.55. The molecule has 0 radical (unpaired) electrons. The van der Waals surface area contributed by atoms with Gasteiger partial charge in [0.15, 0.2) is 0 Å². The average molecular weight is 435 g/mol. The second-order valence-electron chi connectivity index (χ2n) is 8.67. The normalized spacial score (nSPS) is 21.2. The zero-order valence-electron chi connectivity index (χ0n) is 17.3. The van der Waals surface area contributed by atoms with Crippen molar-refractivity contribution in [2.45, 2.75) is 50.2 Å². The predicted octanol–water partition coefficient (Wildman–Crippen LogP) is 1.93. The van der Waals surface area contributed by atoms with Crippen LogP contribution >= 0.6 is 0 Å². The van der Waals surface area contributed by atoms with Crippen LogP contribution in [0, 0.1) is 5.82 Å². The number of carbonyl (C=O) groups is 4. The average Bonchev–Trinajstić information content (AvgIpc) is 3.52. The molecule has 2 aromatic carbocycles. The maximum atomic E-state index is 13.6. The number of fused-ring (bicyclic) bond motifs is 1. The fraction of sp³-hybridized carbons (Fsp3) is 0.333. The Morgan fingerprint density at radius 2 is 1.97 bits per heavy atom. The van der Waals surface area contributed by atoms with Gasteiger partial charge in [0, 0.05) is 25.1 Å². The minimum Gasteiger partial charge on any atom is -0.351 e. The lowest BCUT2D eigenvalue weighted by molar-refractivity contribution is -0.137. The Hall–Kier alpha value is -3.55. The summed E-state index contributed by atoms with van der Waals surface area (Å²) in [6, 6.07) is 10.9. The highest BCUT2D eigenvalue weighted by Crippen LogP contribution is 2.48. The van der Waals surface area contributed by atoms with E-state index in [9.17, 15) is 23.6 Å². The number of imide groups is 1. The third kappa shape index (κ3) is 3.45. The Bertz CT molecular complexity index is 1160. The van der Waals surface area contributed by atoms with E-state index in [4.69, 9.17) is 0 Å². The van der Waals surface area contributed by atoms with Gasteiger partial charge in [-0.1, -0.05) is 24.3 Å². The van der Waals surface area contributed by atoms with Crippen molar-refractivity contribution in [2.75, 3.05) is 0 Å². The molecule has 2 aromatic rings. The molecule has 2 heterocycles. The van der Waals surface area contributed by atoms with Crippen molar-refractivity contribution in [1.82, 2.24) is 15.5 Å². The SMILES string of the molecule is O=C1CCC(N2Cc3ccc(CNC(=O)C4(c5cccc(F)c5)CC4)cc3C2=O)C(=O)N1. The van der Waals surface area contributed by atoms with E-state index in [-0.39, 0.29) is 36.5 Å². The zero-order chi connectivity index (χ0) is 22.5. The first-order valence-corrected chi connectivity index (χ1v) is 10.7. The zero-order valence-corrected chi connectivity index (χ0v) is 17.3. The minimum absolute atomic E-state index is 0.153. The van der Waals surface area contributed by atoms with E-state index in [2.05, 4.69) is 10.6 Å². The summed E-state index contributed by atoms with van der Waals surface area (Å²) in [5.74, 6) is -1.53. The first-order chi connectivity index (χ1) is 15.4. The second-order valence-corrected chi connectivity index (χ2v) is 8.67. The number of benzene rings is 2. The van der Waals surface area contributed by atoms with Crippen molar-refractivity contribution >= 4 is 23.6 Å². The summed E-state index contributed by atoms with van der Waals surface area (Å²) in [7, 11) is 0. The summed E-state index contributed by atoms with van der Waals surface area (Å²) in [5, 5.41) is 5.22. The number of nitrogens with zero attached hydrogens (tertiary/aromatic N) is 1. The first-order valence-electron chi connectivity index (χ1n) is 10.7. The summed E-state index contributed by atoms with van der Waals surface area (Å²) in [5.41, 5.74) is 2.09. The maximum Gasteiger partial charge on any atom is 0.255 e. The molecule has 164 valence electrons. The molecule has 0 aromatic heterocycles. The molecule has 4 amide bonds. The third-order valence-corrected chi connectivity index (χ3v) is 6.61. The van der Waals surface area contributed by atoms with Crippen molar-refractivity contribution < 1.29 is 23.6 Å². The van der Waals surface area contributed by atoms with Crippen LogP contribution < -0.4 is 10.6 Å². The van der Waals surface area contributed by atoms with E-state index in [1.165, 1.54) is 17.0 Å². The fourth-order valence-corrected chi connectivity index (χ4v) is 4.62. The molecule has 2 N–H and O–H groups in total. The van der Waals surface area contributed by atoms with Crippen LogP contribution in [0.5, 0.6) is 0 Å². The summed E-state index contributed by atoms with van der Waals surface area (Å²) < 4.78 is 13.6. The number of amides is 4. The molecule has 2 fully saturated rings. The Kier molecular flexibility index (Phi) is 4.80. The number of piperidine rings is 1. The van der Waals surface area contributed by atoms with Gasteiger partial charge in [0.2, 0.25) is 17.7 Å². The molecule has 1 atom stereocenters. The lowest BCUT2D eigenvalue weighted by Gasteiger charge is -2.29. The van der Waals surface area contributed by atoms with E-state index in [1.54, 1.807) is 18.2 Å². The highest BCUT2D eigenvalue weighted by atomic mass is 19.1. The van der Waals surface area contributed by atoms with Crippen LogP contribution in [-0.2, 0) is 32.9 Å². The van der Waals surface area contributed by atoms with Gasteiger partial charge < -0.3 is 10.2 Å². The molecule has 8 heteroatoms. The molecule has 2 aliphatic heterocycles. The fourth-order valence-electron chi connectivity index (χ4n) is 4.62. The molecule has 1 unspecified atom stereocenters. The number of carbonyl (C=O) groups excluding carboxylic acids is 4. The molecular weight excluding hydrogens is 413 g/mol. The number of nitrogens with one attached hydrogen (secondary N) is 2. The van der Waals surface area contributed by atoms with Crippen LogP contribution in [0.25, 0.3) is 0 Å². The van der Waals surface area contributed by atoms with E-state index in [0.29, 0.717) is 36.9 Å². The molecule has 0 spiro atoms. The summed E-state index contributed by atoms with van der Waals surface area (Å²) in [6.07, 6.45) is 1.87. The van der Waals surface area contributed by atoms with Crippen molar-refractivity contribution in [3.63, 3.8) is 0 Å². The lowest BCUT2D eigenvalue weighted by Crippen LogP contribution is -2.52. The molecule has 32 heavy (non-hydrogen) atoms. The standard InChI is InChI=1S/C24H22FN3O4/c25-17-3-1-2-16(11-17)24(8-9-24)23(32)26-12-14-4-5-15-13-28(22(31)18(15)10-14)19-6-7-20(29)27-21(19)30/h1-5,10-11,19H,6-9,12-13H2,(H,26,32)(H,27,29,30). The quantitative estimate of drug-likeness (QED) is 0.702. The molecule has 5 rings (SSSR count).